The molecule has 3 aliphatic rings. The maximum absolute atomic E-state index is 13.3. The van der Waals surface area contributed by atoms with Gasteiger partial charge < -0.3 is 14.2 Å². The lowest BCUT2D eigenvalue weighted by molar-refractivity contribution is -0.135. The number of likely N-dealkylation sites (tertiary alicyclic amines) is 1. The second-order valence-corrected chi connectivity index (χ2v) is 12.4. The van der Waals surface area contributed by atoms with E-state index in [0.29, 0.717) is 17.7 Å². The molecule has 0 radical (unpaired) electrons. The van der Waals surface area contributed by atoms with E-state index >= 15 is 0 Å². The molecule has 6 nitrogen and oxygen atoms in total. The summed E-state index contributed by atoms with van der Waals surface area (Å²) in [4.78, 5) is 15.5. The van der Waals surface area contributed by atoms with Crippen LogP contribution in [0.25, 0.3) is 22.0 Å². The maximum Gasteiger partial charge on any atom is 0.223 e. The first-order chi connectivity index (χ1) is 18.0. The predicted molar refractivity (Wildman–Crippen MR) is 147 cm³/mol. The van der Waals surface area contributed by atoms with E-state index in [1.165, 1.54) is 55.0 Å². The highest BCUT2D eigenvalue weighted by atomic mass is 16.5. The summed E-state index contributed by atoms with van der Waals surface area (Å²) in [6, 6.07) is 8.94. The molecular formula is C31H42N4O2. The summed E-state index contributed by atoms with van der Waals surface area (Å²) in [5.74, 6) is 1.45. The van der Waals surface area contributed by atoms with Gasteiger partial charge in [0.05, 0.1) is 6.20 Å². The van der Waals surface area contributed by atoms with Crippen molar-refractivity contribution in [1.29, 1.82) is 0 Å². The minimum Gasteiger partial charge on any atom is -0.357 e. The van der Waals surface area contributed by atoms with E-state index in [1.54, 1.807) is 0 Å². The molecular weight excluding hydrogens is 460 g/mol. The van der Waals surface area contributed by atoms with Crippen LogP contribution < -0.4 is 0 Å². The van der Waals surface area contributed by atoms with Crippen molar-refractivity contribution in [3.63, 3.8) is 0 Å². The molecule has 1 aliphatic carbocycles. The van der Waals surface area contributed by atoms with Crippen molar-refractivity contribution < 1.29 is 9.53 Å². The van der Waals surface area contributed by atoms with Gasteiger partial charge in [-0.25, -0.2) is 4.68 Å². The molecule has 1 saturated carbocycles. The number of benzene rings is 1. The van der Waals surface area contributed by atoms with Crippen molar-refractivity contribution in [3.05, 3.63) is 42.9 Å². The van der Waals surface area contributed by atoms with Gasteiger partial charge >= 0.3 is 0 Å². The van der Waals surface area contributed by atoms with Crippen molar-refractivity contribution in [1.82, 2.24) is 19.2 Å². The molecule has 2 aromatic heterocycles. The first-order valence-corrected chi connectivity index (χ1v) is 14.5. The Labute approximate surface area is 221 Å². The van der Waals surface area contributed by atoms with Gasteiger partial charge in [0.25, 0.3) is 0 Å². The van der Waals surface area contributed by atoms with Gasteiger partial charge in [-0.2, -0.15) is 5.10 Å². The molecule has 198 valence electrons. The van der Waals surface area contributed by atoms with Gasteiger partial charge in [-0.1, -0.05) is 25.3 Å². The molecule has 0 spiro atoms. The number of carbonyl (C=O) groups excluding carboxylic acids is 1. The summed E-state index contributed by atoms with van der Waals surface area (Å²) in [6.07, 6.45) is 17.9. The summed E-state index contributed by atoms with van der Waals surface area (Å²) >= 11 is 0. The Hall–Kier alpha value is -2.60. The van der Waals surface area contributed by atoms with E-state index in [0.717, 1.165) is 50.9 Å². The van der Waals surface area contributed by atoms with Gasteiger partial charge in [-0.15, -0.1) is 0 Å². The molecule has 2 unspecified atom stereocenters. The number of aromatic nitrogens is 3. The van der Waals surface area contributed by atoms with Gasteiger partial charge in [0.15, 0.2) is 0 Å². The fourth-order valence-electron chi connectivity index (χ4n) is 7.09. The van der Waals surface area contributed by atoms with E-state index in [-0.39, 0.29) is 11.8 Å². The number of fused-ring (bicyclic) bond motifs is 1. The van der Waals surface area contributed by atoms with E-state index in [4.69, 9.17) is 4.74 Å². The van der Waals surface area contributed by atoms with E-state index in [2.05, 4.69) is 65.1 Å². The molecule has 2 aliphatic heterocycles. The molecule has 0 bridgehead atoms. The summed E-state index contributed by atoms with van der Waals surface area (Å²) in [6.45, 7) is 7.16. The highest BCUT2D eigenvalue weighted by Gasteiger charge is 2.41. The van der Waals surface area contributed by atoms with Crippen LogP contribution in [0.15, 0.2) is 42.9 Å². The van der Waals surface area contributed by atoms with E-state index < -0.39 is 0 Å². The number of hydrogen-bond acceptors (Lipinski definition) is 3. The molecule has 6 heteroatoms. The van der Waals surface area contributed by atoms with Crippen molar-refractivity contribution in [2.24, 2.45) is 11.8 Å². The van der Waals surface area contributed by atoms with Crippen LogP contribution in [0, 0.1) is 11.8 Å². The van der Waals surface area contributed by atoms with Crippen LogP contribution in [0.5, 0.6) is 0 Å². The first kappa shape index (κ1) is 24.7. The quantitative estimate of drug-likeness (QED) is 0.372. The highest BCUT2D eigenvalue weighted by molar-refractivity contribution is 5.85. The van der Waals surface area contributed by atoms with E-state index in [9.17, 15) is 4.79 Å². The van der Waals surface area contributed by atoms with Crippen molar-refractivity contribution >= 4 is 16.8 Å². The van der Waals surface area contributed by atoms with Crippen LogP contribution >= 0.6 is 0 Å². The van der Waals surface area contributed by atoms with Gasteiger partial charge in [0, 0.05) is 60.5 Å². The normalized spacial score (nSPS) is 24.6. The zero-order chi connectivity index (χ0) is 25.4. The topological polar surface area (TPSA) is 52.3 Å². The fraction of sp³-hybridized carbons (Fsp3) is 0.613. The van der Waals surface area contributed by atoms with Crippen molar-refractivity contribution in [2.45, 2.75) is 96.4 Å². The molecule has 6 rings (SSSR count). The number of nitrogens with zero attached hydrogens (tertiary/aromatic N) is 4. The molecule has 37 heavy (non-hydrogen) atoms. The maximum atomic E-state index is 13.3. The van der Waals surface area contributed by atoms with Crippen LogP contribution in [0.1, 0.15) is 84.3 Å². The molecule has 0 N–H and O–H groups in total. The highest BCUT2D eigenvalue weighted by Crippen LogP contribution is 2.37. The predicted octanol–water partition coefficient (Wildman–Crippen LogP) is 6.80. The number of amides is 1. The summed E-state index contributed by atoms with van der Waals surface area (Å²) < 4.78 is 10.3. The molecule has 4 heterocycles. The average Bonchev–Trinajstić information content (AvgIpc) is 3.62. The van der Waals surface area contributed by atoms with E-state index in [1.807, 2.05) is 10.9 Å². The third kappa shape index (κ3) is 5.22. The zero-order valence-corrected chi connectivity index (χ0v) is 22.6. The Morgan fingerprint density at radius 2 is 1.86 bits per heavy atom. The monoisotopic (exact) mass is 502 g/mol. The Bertz CT molecular complexity index is 1230. The smallest absolute Gasteiger partial charge is 0.223 e. The number of ether oxygens (including phenoxy) is 1. The Morgan fingerprint density at radius 1 is 1.03 bits per heavy atom. The lowest BCUT2D eigenvalue weighted by Gasteiger charge is -2.33. The minimum atomic E-state index is -0.0608. The van der Waals surface area contributed by atoms with Gasteiger partial charge in [-0.3, -0.25) is 4.79 Å². The van der Waals surface area contributed by atoms with Crippen molar-refractivity contribution in [3.8, 4) is 11.1 Å². The number of rotatable bonds is 6. The standard InChI is InChI=1S/C31H42N4O2/c1-31(2)18-24(21-34(31)29(36)16-23-8-4-3-5-9-23)20-33-14-13-26-17-25(11-12-28(26)33)27-19-32-35(22-27)30-10-6-7-15-37-30/h11-14,17,19,22-24,30H,3-10,15-16,18,20-21H2,1-2H3. The minimum absolute atomic E-state index is 0.0608. The molecule has 2 atom stereocenters. The van der Waals surface area contributed by atoms with Crippen LogP contribution in [-0.2, 0) is 16.1 Å². The number of carbonyl (C=O) groups is 1. The first-order valence-electron chi connectivity index (χ1n) is 14.5. The second-order valence-electron chi connectivity index (χ2n) is 12.4. The molecule has 3 fully saturated rings. The lowest BCUT2D eigenvalue weighted by atomic mass is 9.86. The SMILES string of the molecule is CC1(C)CC(Cn2ccc3cc(-c4cnn(C5CCCCO5)c4)ccc32)CN1C(=O)CC1CCCCC1. The van der Waals surface area contributed by atoms with Gasteiger partial charge in [0.1, 0.15) is 6.23 Å². The fourth-order valence-corrected chi connectivity index (χ4v) is 7.09. The van der Waals surface area contributed by atoms with Crippen LogP contribution in [0.4, 0.5) is 0 Å². The van der Waals surface area contributed by atoms with Gasteiger partial charge in [-0.05, 0) is 88.0 Å². The van der Waals surface area contributed by atoms with Crippen LogP contribution in [-0.4, -0.2) is 43.8 Å². The summed E-state index contributed by atoms with van der Waals surface area (Å²) in [5, 5.41) is 5.85. The molecule has 2 saturated heterocycles. The van der Waals surface area contributed by atoms with Crippen LogP contribution in [0.3, 0.4) is 0 Å². The molecule has 3 aromatic rings. The summed E-state index contributed by atoms with van der Waals surface area (Å²) in [7, 11) is 0. The third-order valence-corrected chi connectivity index (χ3v) is 9.06. The third-order valence-electron chi connectivity index (χ3n) is 9.06. The largest absolute Gasteiger partial charge is 0.357 e. The van der Waals surface area contributed by atoms with Gasteiger partial charge in [0.2, 0.25) is 5.91 Å². The summed E-state index contributed by atoms with van der Waals surface area (Å²) in [5.41, 5.74) is 3.52. The Kier molecular flexibility index (Phi) is 6.87. The Balaban J connectivity index is 1.13. The molecule has 1 amide bonds. The van der Waals surface area contributed by atoms with Crippen LogP contribution in [0.2, 0.25) is 0 Å². The zero-order valence-electron chi connectivity index (χ0n) is 22.6. The van der Waals surface area contributed by atoms with Crippen molar-refractivity contribution in [2.75, 3.05) is 13.2 Å². The average molecular weight is 503 g/mol. The second kappa shape index (κ2) is 10.3. The Morgan fingerprint density at radius 3 is 2.68 bits per heavy atom. The number of hydrogen-bond donors (Lipinski definition) is 0. The lowest BCUT2D eigenvalue weighted by Crippen LogP contribution is -2.43. The molecule has 1 aromatic carbocycles.